The number of nitriles is 1. The number of nitrogens with zero attached hydrogens (tertiary/aromatic N) is 3. The standard InChI is InChI=1S/C24H23ClN4/c25-22-9-7-20(8-10-22)23-17-29(15-18-4-2-1-3-5-18)16-21(23)14-28-24-11-6-19(12-26)13-27-24/h1-11,13,21,23H,14-17H2,(H,27,28). The zero-order valence-electron chi connectivity index (χ0n) is 16.1. The van der Waals surface area contributed by atoms with Crippen LogP contribution in [-0.2, 0) is 6.54 Å². The molecule has 1 fully saturated rings. The van der Waals surface area contributed by atoms with E-state index in [-0.39, 0.29) is 0 Å². The van der Waals surface area contributed by atoms with Crippen LogP contribution in [0.25, 0.3) is 0 Å². The Kier molecular flexibility index (Phi) is 6.09. The van der Waals surface area contributed by atoms with E-state index in [9.17, 15) is 0 Å². The van der Waals surface area contributed by atoms with Crippen LogP contribution in [0.4, 0.5) is 5.82 Å². The first-order valence-corrected chi connectivity index (χ1v) is 10.2. The molecule has 1 aliphatic heterocycles. The van der Waals surface area contributed by atoms with E-state index in [1.54, 1.807) is 12.3 Å². The fraction of sp³-hybridized carbons (Fsp3) is 0.250. The van der Waals surface area contributed by atoms with Crippen molar-refractivity contribution in [2.24, 2.45) is 5.92 Å². The molecule has 4 nitrogen and oxygen atoms in total. The topological polar surface area (TPSA) is 52.0 Å². The summed E-state index contributed by atoms with van der Waals surface area (Å²) in [5, 5.41) is 13.2. The van der Waals surface area contributed by atoms with E-state index in [0.29, 0.717) is 17.4 Å². The van der Waals surface area contributed by atoms with Gasteiger partial charge >= 0.3 is 0 Å². The number of benzene rings is 2. The van der Waals surface area contributed by atoms with Crippen LogP contribution in [0.1, 0.15) is 22.6 Å². The zero-order valence-corrected chi connectivity index (χ0v) is 16.9. The van der Waals surface area contributed by atoms with Gasteiger partial charge in [-0.1, -0.05) is 54.1 Å². The Morgan fingerprint density at radius 3 is 2.52 bits per heavy atom. The summed E-state index contributed by atoms with van der Waals surface area (Å²) in [6.45, 7) is 3.82. The summed E-state index contributed by atoms with van der Waals surface area (Å²) in [4.78, 5) is 6.86. The third kappa shape index (κ3) is 4.95. The van der Waals surface area contributed by atoms with Crippen molar-refractivity contribution in [1.29, 1.82) is 5.26 Å². The Morgan fingerprint density at radius 1 is 1.03 bits per heavy atom. The molecule has 2 unspecified atom stereocenters. The zero-order chi connectivity index (χ0) is 20.1. The Balaban J connectivity index is 1.48. The van der Waals surface area contributed by atoms with Crippen LogP contribution >= 0.6 is 11.6 Å². The van der Waals surface area contributed by atoms with Gasteiger partial charge in [0.05, 0.1) is 5.56 Å². The van der Waals surface area contributed by atoms with Crippen LogP contribution < -0.4 is 5.32 Å². The molecule has 0 saturated carbocycles. The predicted molar refractivity (Wildman–Crippen MR) is 117 cm³/mol. The molecule has 4 rings (SSSR count). The van der Waals surface area contributed by atoms with Gasteiger partial charge in [-0.05, 0) is 41.3 Å². The summed E-state index contributed by atoms with van der Waals surface area (Å²) in [5.41, 5.74) is 3.23. The second-order valence-electron chi connectivity index (χ2n) is 7.52. The quantitative estimate of drug-likeness (QED) is 0.634. The lowest BCUT2D eigenvalue weighted by Crippen LogP contribution is -2.23. The number of hydrogen-bond donors (Lipinski definition) is 1. The van der Waals surface area contributed by atoms with E-state index in [2.05, 4.69) is 63.7 Å². The van der Waals surface area contributed by atoms with Crippen molar-refractivity contribution in [3.8, 4) is 6.07 Å². The molecule has 2 heterocycles. The molecule has 29 heavy (non-hydrogen) atoms. The highest BCUT2D eigenvalue weighted by Crippen LogP contribution is 2.34. The second kappa shape index (κ2) is 9.09. The molecule has 1 aromatic heterocycles. The number of pyridine rings is 1. The lowest BCUT2D eigenvalue weighted by molar-refractivity contribution is 0.317. The molecular weight excluding hydrogens is 380 g/mol. The largest absolute Gasteiger partial charge is 0.370 e. The molecule has 0 aliphatic carbocycles. The van der Waals surface area contributed by atoms with Crippen molar-refractivity contribution in [1.82, 2.24) is 9.88 Å². The highest BCUT2D eigenvalue weighted by molar-refractivity contribution is 6.30. The molecule has 2 aromatic carbocycles. The Bertz CT molecular complexity index is 965. The minimum atomic E-state index is 0.432. The van der Waals surface area contributed by atoms with E-state index in [0.717, 1.165) is 37.0 Å². The smallest absolute Gasteiger partial charge is 0.125 e. The molecule has 0 bridgehead atoms. The molecule has 146 valence electrons. The lowest BCUT2D eigenvalue weighted by atomic mass is 9.89. The molecule has 1 aliphatic rings. The number of rotatable bonds is 6. The maximum Gasteiger partial charge on any atom is 0.125 e. The number of likely N-dealkylation sites (tertiary alicyclic amines) is 1. The highest BCUT2D eigenvalue weighted by Gasteiger charge is 2.33. The highest BCUT2D eigenvalue weighted by atomic mass is 35.5. The average molecular weight is 403 g/mol. The van der Waals surface area contributed by atoms with E-state index in [4.69, 9.17) is 16.9 Å². The summed E-state index contributed by atoms with van der Waals surface area (Å²) in [5.74, 6) is 1.69. The van der Waals surface area contributed by atoms with E-state index in [1.165, 1.54) is 11.1 Å². The van der Waals surface area contributed by atoms with Gasteiger partial charge in [0.1, 0.15) is 11.9 Å². The van der Waals surface area contributed by atoms with Gasteiger partial charge in [0.25, 0.3) is 0 Å². The monoisotopic (exact) mass is 402 g/mol. The van der Waals surface area contributed by atoms with Crippen molar-refractivity contribution in [2.45, 2.75) is 12.5 Å². The average Bonchev–Trinajstić information content (AvgIpc) is 3.16. The molecule has 5 heteroatoms. The summed E-state index contributed by atoms with van der Waals surface area (Å²) < 4.78 is 0. The fourth-order valence-corrected chi connectivity index (χ4v) is 4.15. The summed E-state index contributed by atoms with van der Waals surface area (Å²) in [7, 11) is 0. The summed E-state index contributed by atoms with van der Waals surface area (Å²) in [6, 6.07) is 24.6. The van der Waals surface area contributed by atoms with Crippen molar-refractivity contribution in [3.05, 3.63) is 94.6 Å². The molecule has 0 radical (unpaired) electrons. The first-order chi connectivity index (χ1) is 14.2. The lowest BCUT2D eigenvalue weighted by Gasteiger charge is -2.19. The summed E-state index contributed by atoms with van der Waals surface area (Å²) >= 11 is 6.10. The van der Waals surface area contributed by atoms with Gasteiger partial charge in [-0.15, -0.1) is 0 Å². The number of hydrogen-bond acceptors (Lipinski definition) is 4. The molecule has 0 amide bonds. The Hall–Kier alpha value is -2.87. The summed E-state index contributed by atoms with van der Waals surface area (Å²) in [6.07, 6.45) is 1.61. The molecule has 1 N–H and O–H groups in total. The minimum absolute atomic E-state index is 0.432. The van der Waals surface area contributed by atoms with Gasteiger partial charge < -0.3 is 5.32 Å². The third-order valence-corrected chi connectivity index (χ3v) is 5.75. The van der Waals surface area contributed by atoms with Crippen LogP contribution in [0, 0.1) is 17.2 Å². The van der Waals surface area contributed by atoms with Crippen molar-refractivity contribution >= 4 is 17.4 Å². The van der Waals surface area contributed by atoms with E-state index >= 15 is 0 Å². The molecule has 3 aromatic rings. The van der Waals surface area contributed by atoms with Crippen molar-refractivity contribution in [2.75, 3.05) is 25.0 Å². The molecule has 2 atom stereocenters. The number of anilines is 1. The predicted octanol–water partition coefficient (Wildman–Crippen LogP) is 4.93. The van der Waals surface area contributed by atoms with Crippen molar-refractivity contribution in [3.63, 3.8) is 0 Å². The van der Waals surface area contributed by atoms with Gasteiger partial charge in [0, 0.05) is 43.3 Å². The number of halogens is 1. The molecule has 1 saturated heterocycles. The van der Waals surface area contributed by atoms with Gasteiger partial charge in [-0.25, -0.2) is 4.98 Å². The number of nitrogens with one attached hydrogen (secondary N) is 1. The fourth-order valence-electron chi connectivity index (χ4n) is 4.03. The van der Waals surface area contributed by atoms with Gasteiger partial charge in [0.15, 0.2) is 0 Å². The van der Waals surface area contributed by atoms with E-state index < -0.39 is 0 Å². The molecule has 0 spiro atoms. The minimum Gasteiger partial charge on any atom is -0.370 e. The Morgan fingerprint density at radius 2 is 1.83 bits per heavy atom. The van der Waals surface area contributed by atoms with Gasteiger partial charge in [-0.3, -0.25) is 4.90 Å². The second-order valence-corrected chi connectivity index (χ2v) is 7.96. The van der Waals surface area contributed by atoms with Gasteiger partial charge in [-0.2, -0.15) is 5.26 Å². The maximum absolute atomic E-state index is 8.94. The van der Waals surface area contributed by atoms with Gasteiger partial charge in [0.2, 0.25) is 0 Å². The Labute approximate surface area is 176 Å². The number of aromatic nitrogens is 1. The third-order valence-electron chi connectivity index (χ3n) is 5.50. The van der Waals surface area contributed by atoms with Crippen LogP contribution in [-0.4, -0.2) is 29.5 Å². The van der Waals surface area contributed by atoms with Crippen LogP contribution in [0.15, 0.2) is 72.9 Å². The molecular formula is C24H23ClN4. The maximum atomic E-state index is 8.94. The normalized spacial score (nSPS) is 19.0. The van der Waals surface area contributed by atoms with Crippen LogP contribution in [0.2, 0.25) is 5.02 Å². The van der Waals surface area contributed by atoms with Crippen LogP contribution in [0.5, 0.6) is 0 Å². The van der Waals surface area contributed by atoms with Crippen LogP contribution in [0.3, 0.4) is 0 Å². The first-order valence-electron chi connectivity index (χ1n) is 9.83. The van der Waals surface area contributed by atoms with Crippen molar-refractivity contribution < 1.29 is 0 Å². The first kappa shape index (κ1) is 19.4. The van der Waals surface area contributed by atoms with E-state index in [1.807, 2.05) is 18.2 Å². The SMILES string of the molecule is N#Cc1ccc(NCC2CN(Cc3ccccc3)CC2c2ccc(Cl)cc2)nc1.